The largest absolute Gasteiger partial charge is 0.490 e. The molecular formula is C23H23FINO2. The van der Waals surface area contributed by atoms with Crippen LogP contribution in [0.5, 0.6) is 11.5 Å². The van der Waals surface area contributed by atoms with Crippen LogP contribution in [0.4, 0.5) is 10.1 Å². The first-order valence-corrected chi connectivity index (χ1v) is 10.3. The topological polar surface area (TPSA) is 30.5 Å². The third-order valence-corrected chi connectivity index (χ3v) is 5.07. The van der Waals surface area contributed by atoms with Gasteiger partial charge in [0.25, 0.3) is 0 Å². The van der Waals surface area contributed by atoms with Crippen LogP contribution in [0.25, 0.3) is 0 Å². The van der Waals surface area contributed by atoms with Crippen LogP contribution in [0.3, 0.4) is 0 Å². The van der Waals surface area contributed by atoms with Crippen LogP contribution in [-0.2, 0) is 13.2 Å². The summed E-state index contributed by atoms with van der Waals surface area (Å²) < 4.78 is 26.1. The maximum Gasteiger partial charge on any atom is 0.174 e. The van der Waals surface area contributed by atoms with Gasteiger partial charge < -0.3 is 14.8 Å². The summed E-state index contributed by atoms with van der Waals surface area (Å²) in [4.78, 5) is 0. The first-order valence-electron chi connectivity index (χ1n) is 9.18. The molecular weight excluding hydrogens is 468 g/mol. The number of hydrogen-bond donors (Lipinski definition) is 1. The molecule has 3 rings (SSSR count). The summed E-state index contributed by atoms with van der Waals surface area (Å²) in [5.41, 5.74) is 4.21. The fourth-order valence-electron chi connectivity index (χ4n) is 2.88. The van der Waals surface area contributed by atoms with Crippen LogP contribution in [0.1, 0.15) is 23.6 Å². The van der Waals surface area contributed by atoms with Crippen molar-refractivity contribution < 1.29 is 13.9 Å². The lowest BCUT2D eigenvalue weighted by Gasteiger charge is -2.16. The quantitative estimate of drug-likeness (QED) is 0.374. The molecule has 0 saturated carbocycles. The van der Waals surface area contributed by atoms with E-state index in [9.17, 15) is 4.39 Å². The zero-order chi connectivity index (χ0) is 19.9. The Kier molecular flexibility index (Phi) is 7.14. The van der Waals surface area contributed by atoms with Crippen molar-refractivity contribution >= 4 is 28.3 Å². The number of rotatable bonds is 8. The Morgan fingerprint density at radius 3 is 2.54 bits per heavy atom. The van der Waals surface area contributed by atoms with Crippen molar-refractivity contribution in [1.29, 1.82) is 0 Å². The number of nitrogens with one attached hydrogen (secondary N) is 1. The van der Waals surface area contributed by atoms with Gasteiger partial charge in [0.05, 0.1) is 10.2 Å². The molecule has 0 aliphatic carbocycles. The number of benzene rings is 3. The predicted octanol–water partition coefficient (Wildman–Crippen LogP) is 6.33. The lowest BCUT2D eigenvalue weighted by Crippen LogP contribution is -2.05. The van der Waals surface area contributed by atoms with Crippen molar-refractivity contribution in [3.63, 3.8) is 0 Å². The molecule has 146 valence electrons. The molecule has 0 saturated heterocycles. The third kappa shape index (κ3) is 5.38. The van der Waals surface area contributed by atoms with Gasteiger partial charge in [-0.2, -0.15) is 0 Å². The van der Waals surface area contributed by atoms with Crippen LogP contribution < -0.4 is 14.8 Å². The van der Waals surface area contributed by atoms with E-state index < -0.39 is 0 Å². The Bertz CT molecular complexity index is 946. The van der Waals surface area contributed by atoms with Gasteiger partial charge in [-0.25, -0.2) is 4.39 Å². The van der Waals surface area contributed by atoms with Gasteiger partial charge in [-0.3, -0.25) is 0 Å². The highest BCUT2D eigenvalue weighted by Gasteiger charge is 2.13. The summed E-state index contributed by atoms with van der Waals surface area (Å²) in [6.07, 6.45) is 0. The average molecular weight is 491 g/mol. The van der Waals surface area contributed by atoms with Crippen molar-refractivity contribution in [1.82, 2.24) is 0 Å². The van der Waals surface area contributed by atoms with E-state index in [4.69, 9.17) is 9.47 Å². The van der Waals surface area contributed by atoms with E-state index in [0.29, 0.717) is 24.7 Å². The molecule has 3 aromatic carbocycles. The van der Waals surface area contributed by atoms with Crippen LogP contribution in [-0.4, -0.2) is 6.61 Å². The number of ether oxygens (including phenoxy) is 2. The van der Waals surface area contributed by atoms with E-state index in [0.717, 1.165) is 20.4 Å². The molecule has 0 unspecified atom stereocenters. The Hall–Kier alpha value is -2.28. The van der Waals surface area contributed by atoms with Gasteiger partial charge in [-0.05, 0) is 83.5 Å². The first kappa shape index (κ1) is 20.5. The van der Waals surface area contributed by atoms with Gasteiger partial charge in [-0.15, -0.1) is 0 Å². The monoisotopic (exact) mass is 491 g/mol. The summed E-state index contributed by atoms with van der Waals surface area (Å²) in [5.74, 6) is 1.12. The van der Waals surface area contributed by atoms with Gasteiger partial charge in [0.2, 0.25) is 0 Å². The van der Waals surface area contributed by atoms with Crippen molar-refractivity contribution in [2.45, 2.75) is 27.0 Å². The molecule has 5 heteroatoms. The predicted molar refractivity (Wildman–Crippen MR) is 120 cm³/mol. The molecule has 0 aliphatic rings. The highest BCUT2D eigenvalue weighted by molar-refractivity contribution is 14.1. The number of halogens is 2. The summed E-state index contributed by atoms with van der Waals surface area (Å²) in [7, 11) is 0. The second-order valence-corrected chi connectivity index (χ2v) is 7.59. The molecule has 0 aliphatic heterocycles. The Morgan fingerprint density at radius 1 is 0.964 bits per heavy atom. The first-order chi connectivity index (χ1) is 13.6. The summed E-state index contributed by atoms with van der Waals surface area (Å²) in [6.45, 7) is 5.55. The van der Waals surface area contributed by atoms with E-state index in [1.807, 2.05) is 31.2 Å². The van der Waals surface area contributed by atoms with Gasteiger partial charge in [0, 0.05) is 12.2 Å². The highest BCUT2D eigenvalue weighted by atomic mass is 127. The molecule has 0 amide bonds. The number of aryl methyl sites for hydroxylation is 1. The molecule has 0 aromatic heterocycles. The third-order valence-electron chi connectivity index (χ3n) is 4.27. The van der Waals surface area contributed by atoms with Gasteiger partial charge in [-0.1, -0.05) is 30.3 Å². The summed E-state index contributed by atoms with van der Waals surface area (Å²) in [6, 6.07) is 18.7. The van der Waals surface area contributed by atoms with Crippen molar-refractivity contribution in [3.8, 4) is 11.5 Å². The SMILES string of the molecule is CCOc1cc(CNc2ccccc2C)cc(I)c1OCc1cccc(F)c1. The highest BCUT2D eigenvalue weighted by Crippen LogP contribution is 2.35. The standard InChI is InChI=1S/C23H23FINO2/c1-3-27-22-13-18(14-26-21-10-5-4-7-16(21)2)12-20(25)23(22)28-15-17-8-6-9-19(24)11-17/h4-13,26H,3,14-15H2,1-2H3. The maximum absolute atomic E-state index is 13.4. The van der Waals surface area contributed by atoms with E-state index in [-0.39, 0.29) is 12.4 Å². The Balaban J connectivity index is 1.76. The molecule has 0 heterocycles. The van der Waals surface area contributed by atoms with E-state index in [2.05, 4.69) is 53.0 Å². The molecule has 28 heavy (non-hydrogen) atoms. The van der Waals surface area contributed by atoms with E-state index >= 15 is 0 Å². The number of para-hydroxylation sites is 1. The van der Waals surface area contributed by atoms with Crippen LogP contribution in [0.15, 0.2) is 60.7 Å². The fraction of sp³-hybridized carbons (Fsp3) is 0.217. The normalized spacial score (nSPS) is 10.6. The molecule has 3 aromatic rings. The lowest BCUT2D eigenvalue weighted by atomic mass is 10.1. The average Bonchev–Trinajstić information content (AvgIpc) is 2.67. The lowest BCUT2D eigenvalue weighted by molar-refractivity contribution is 0.267. The molecule has 0 radical (unpaired) electrons. The minimum absolute atomic E-state index is 0.265. The Morgan fingerprint density at radius 2 is 1.79 bits per heavy atom. The van der Waals surface area contributed by atoms with Gasteiger partial charge in [0.15, 0.2) is 11.5 Å². The van der Waals surface area contributed by atoms with Crippen molar-refractivity contribution in [2.24, 2.45) is 0 Å². The molecule has 3 nitrogen and oxygen atoms in total. The zero-order valence-electron chi connectivity index (χ0n) is 16.0. The van der Waals surface area contributed by atoms with E-state index in [1.165, 1.54) is 17.7 Å². The number of hydrogen-bond acceptors (Lipinski definition) is 3. The Labute approximate surface area is 179 Å². The molecule has 0 spiro atoms. The molecule has 0 atom stereocenters. The summed E-state index contributed by atoms with van der Waals surface area (Å²) >= 11 is 2.25. The molecule has 1 N–H and O–H groups in total. The zero-order valence-corrected chi connectivity index (χ0v) is 18.1. The fourth-order valence-corrected chi connectivity index (χ4v) is 3.70. The summed E-state index contributed by atoms with van der Waals surface area (Å²) in [5, 5.41) is 3.47. The van der Waals surface area contributed by atoms with Gasteiger partial charge in [0.1, 0.15) is 12.4 Å². The van der Waals surface area contributed by atoms with Crippen LogP contribution >= 0.6 is 22.6 Å². The minimum atomic E-state index is -0.265. The van der Waals surface area contributed by atoms with Gasteiger partial charge >= 0.3 is 0 Å². The van der Waals surface area contributed by atoms with Crippen molar-refractivity contribution in [3.05, 3.63) is 86.7 Å². The van der Waals surface area contributed by atoms with Crippen molar-refractivity contribution in [2.75, 3.05) is 11.9 Å². The second-order valence-electron chi connectivity index (χ2n) is 6.42. The van der Waals surface area contributed by atoms with E-state index in [1.54, 1.807) is 6.07 Å². The maximum atomic E-state index is 13.4. The second kappa shape index (κ2) is 9.78. The smallest absolute Gasteiger partial charge is 0.174 e. The minimum Gasteiger partial charge on any atom is -0.490 e. The molecule has 0 fully saturated rings. The van der Waals surface area contributed by atoms with Crippen LogP contribution in [0, 0.1) is 16.3 Å². The van der Waals surface area contributed by atoms with Crippen LogP contribution in [0.2, 0.25) is 0 Å². The number of anilines is 1. The molecule has 0 bridgehead atoms.